The van der Waals surface area contributed by atoms with Crippen molar-refractivity contribution in [3.05, 3.63) is 15.6 Å². The molecule has 0 saturated carbocycles. The Morgan fingerprint density at radius 3 is 3.00 bits per heavy atom. The predicted molar refractivity (Wildman–Crippen MR) is 62.8 cm³/mol. The van der Waals surface area contributed by atoms with E-state index in [2.05, 4.69) is 16.9 Å². The summed E-state index contributed by atoms with van der Waals surface area (Å²) in [4.78, 5) is 18.6. The van der Waals surface area contributed by atoms with E-state index in [9.17, 15) is 4.79 Å². The van der Waals surface area contributed by atoms with Crippen molar-refractivity contribution in [3.63, 3.8) is 0 Å². The standard InChI is InChI=1S/C11H16N2O2S/c1-7-11(8-4-3-5-13(8)2)12-9(16-7)6-10(14)15/h8H,3-6H2,1-2H3,(H,14,15). The Hall–Kier alpha value is -0.940. The van der Waals surface area contributed by atoms with Crippen molar-refractivity contribution in [2.45, 2.75) is 32.2 Å². The Kier molecular flexibility index (Phi) is 3.25. The van der Waals surface area contributed by atoms with E-state index in [4.69, 9.17) is 5.11 Å². The quantitative estimate of drug-likeness (QED) is 0.876. The Morgan fingerprint density at radius 2 is 2.44 bits per heavy atom. The first-order chi connectivity index (χ1) is 7.58. The number of rotatable bonds is 3. The van der Waals surface area contributed by atoms with Gasteiger partial charge in [-0.15, -0.1) is 11.3 Å². The second kappa shape index (κ2) is 4.51. The van der Waals surface area contributed by atoms with Crippen molar-refractivity contribution in [3.8, 4) is 0 Å². The first kappa shape index (κ1) is 11.5. The summed E-state index contributed by atoms with van der Waals surface area (Å²) in [5.74, 6) is -0.805. The van der Waals surface area contributed by atoms with Gasteiger partial charge in [-0.2, -0.15) is 0 Å². The Morgan fingerprint density at radius 1 is 1.69 bits per heavy atom. The number of carboxylic acid groups (broad SMARTS) is 1. The fourth-order valence-corrected chi connectivity index (χ4v) is 3.21. The minimum Gasteiger partial charge on any atom is -0.481 e. The molecular formula is C11H16N2O2S. The number of nitrogens with zero attached hydrogens (tertiary/aromatic N) is 2. The third kappa shape index (κ3) is 2.25. The molecular weight excluding hydrogens is 224 g/mol. The molecule has 0 amide bonds. The number of thiazole rings is 1. The molecule has 1 atom stereocenters. The third-order valence-electron chi connectivity index (χ3n) is 3.02. The number of aliphatic carboxylic acids is 1. The van der Waals surface area contributed by atoms with E-state index in [0.717, 1.165) is 28.5 Å². The predicted octanol–water partition coefficient (Wildman–Crippen LogP) is 1.85. The van der Waals surface area contributed by atoms with E-state index in [0.29, 0.717) is 6.04 Å². The van der Waals surface area contributed by atoms with Gasteiger partial charge in [0.25, 0.3) is 0 Å². The van der Waals surface area contributed by atoms with Gasteiger partial charge < -0.3 is 5.11 Å². The molecule has 2 heterocycles. The molecule has 0 radical (unpaired) electrons. The lowest BCUT2D eigenvalue weighted by Crippen LogP contribution is -2.18. The molecule has 88 valence electrons. The van der Waals surface area contributed by atoms with Crippen LogP contribution in [0.2, 0.25) is 0 Å². The highest BCUT2D eigenvalue weighted by Gasteiger charge is 2.26. The number of hydrogen-bond donors (Lipinski definition) is 1. The summed E-state index contributed by atoms with van der Waals surface area (Å²) in [6.07, 6.45) is 2.38. The second-order valence-corrected chi connectivity index (χ2v) is 5.55. The van der Waals surface area contributed by atoms with Crippen LogP contribution in [0.25, 0.3) is 0 Å². The number of carbonyl (C=O) groups is 1. The van der Waals surface area contributed by atoms with Gasteiger partial charge in [-0.05, 0) is 33.4 Å². The lowest BCUT2D eigenvalue weighted by atomic mass is 10.1. The van der Waals surface area contributed by atoms with Crippen LogP contribution in [0.5, 0.6) is 0 Å². The smallest absolute Gasteiger partial charge is 0.310 e. The van der Waals surface area contributed by atoms with Gasteiger partial charge in [-0.25, -0.2) is 4.98 Å². The average Bonchev–Trinajstić information content (AvgIpc) is 2.71. The third-order valence-corrected chi connectivity index (χ3v) is 4.00. The first-order valence-corrected chi connectivity index (χ1v) is 6.28. The van der Waals surface area contributed by atoms with E-state index >= 15 is 0 Å². The van der Waals surface area contributed by atoms with Gasteiger partial charge in [0.15, 0.2) is 0 Å². The molecule has 1 N–H and O–H groups in total. The topological polar surface area (TPSA) is 53.4 Å². The fourth-order valence-electron chi connectivity index (χ4n) is 2.23. The molecule has 5 heteroatoms. The molecule has 0 spiro atoms. The highest BCUT2D eigenvalue weighted by molar-refractivity contribution is 7.11. The van der Waals surface area contributed by atoms with E-state index < -0.39 is 5.97 Å². The average molecular weight is 240 g/mol. The fraction of sp³-hybridized carbons (Fsp3) is 0.636. The highest BCUT2D eigenvalue weighted by Crippen LogP contribution is 2.33. The van der Waals surface area contributed by atoms with Gasteiger partial charge in [-0.1, -0.05) is 0 Å². The van der Waals surface area contributed by atoms with Crippen LogP contribution in [0, 0.1) is 6.92 Å². The zero-order chi connectivity index (χ0) is 11.7. The Bertz CT molecular complexity index is 403. The van der Waals surface area contributed by atoms with Crippen LogP contribution in [0.15, 0.2) is 0 Å². The molecule has 2 rings (SSSR count). The maximum Gasteiger partial charge on any atom is 0.310 e. The summed E-state index contributed by atoms with van der Waals surface area (Å²) in [7, 11) is 2.10. The van der Waals surface area contributed by atoms with Gasteiger partial charge in [0.1, 0.15) is 5.01 Å². The van der Waals surface area contributed by atoms with Gasteiger partial charge in [0.2, 0.25) is 0 Å². The summed E-state index contributed by atoms with van der Waals surface area (Å²) in [6.45, 7) is 3.14. The van der Waals surface area contributed by atoms with Gasteiger partial charge in [0, 0.05) is 4.88 Å². The molecule has 1 saturated heterocycles. The maximum atomic E-state index is 10.6. The minimum atomic E-state index is -0.805. The van der Waals surface area contributed by atoms with Gasteiger partial charge in [-0.3, -0.25) is 9.69 Å². The van der Waals surface area contributed by atoms with Crippen LogP contribution < -0.4 is 0 Å². The van der Waals surface area contributed by atoms with Crippen molar-refractivity contribution >= 4 is 17.3 Å². The molecule has 0 aliphatic carbocycles. The van der Waals surface area contributed by atoms with Gasteiger partial charge in [0.05, 0.1) is 18.2 Å². The molecule has 1 aromatic heterocycles. The zero-order valence-corrected chi connectivity index (χ0v) is 10.4. The number of aryl methyl sites for hydroxylation is 1. The highest BCUT2D eigenvalue weighted by atomic mass is 32.1. The summed E-state index contributed by atoms with van der Waals surface area (Å²) < 4.78 is 0. The minimum absolute atomic E-state index is 0.0436. The van der Waals surface area contributed by atoms with Crippen molar-refractivity contribution in [2.24, 2.45) is 0 Å². The largest absolute Gasteiger partial charge is 0.481 e. The molecule has 0 bridgehead atoms. The van der Waals surface area contributed by atoms with Crippen LogP contribution in [0.1, 0.15) is 34.5 Å². The number of aromatic nitrogens is 1. The summed E-state index contributed by atoms with van der Waals surface area (Å²) >= 11 is 1.51. The number of carboxylic acids is 1. The summed E-state index contributed by atoms with van der Waals surface area (Å²) in [5, 5.41) is 9.46. The van der Waals surface area contributed by atoms with Crippen LogP contribution >= 0.6 is 11.3 Å². The molecule has 1 aliphatic rings. The molecule has 1 fully saturated rings. The Balaban J connectivity index is 2.21. The Labute approximate surface area is 98.9 Å². The van der Waals surface area contributed by atoms with Crippen LogP contribution in [-0.4, -0.2) is 34.6 Å². The summed E-state index contributed by atoms with van der Waals surface area (Å²) in [5.41, 5.74) is 1.08. The lowest BCUT2D eigenvalue weighted by molar-refractivity contribution is -0.136. The molecule has 1 unspecified atom stereocenters. The lowest BCUT2D eigenvalue weighted by Gasteiger charge is -2.17. The van der Waals surface area contributed by atoms with E-state index in [1.807, 2.05) is 6.92 Å². The molecule has 1 aliphatic heterocycles. The van der Waals surface area contributed by atoms with Crippen molar-refractivity contribution in [1.82, 2.24) is 9.88 Å². The van der Waals surface area contributed by atoms with E-state index in [1.54, 1.807) is 0 Å². The molecule has 4 nitrogen and oxygen atoms in total. The molecule has 16 heavy (non-hydrogen) atoms. The molecule has 0 aromatic carbocycles. The second-order valence-electron chi connectivity index (χ2n) is 4.26. The number of hydrogen-bond acceptors (Lipinski definition) is 4. The van der Waals surface area contributed by atoms with Gasteiger partial charge >= 0.3 is 5.97 Å². The normalized spacial score (nSPS) is 21.5. The van der Waals surface area contributed by atoms with Crippen molar-refractivity contribution in [1.29, 1.82) is 0 Å². The van der Waals surface area contributed by atoms with Crippen molar-refractivity contribution < 1.29 is 9.90 Å². The number of likely N-dealkylation sites (tertiary alicyclic amines) is 1. The van der Waals surface area contributed by atoms with Crippen molar-refractivity contribution in [2.75, 3.05) is 13.6 Å². The van der Waals surface area contributed by atoms with E-state index in [1.165, 1.54) is 17.8 Å². The first-order valence-electron chi connectivity index (χ1n) is 5.46. The van der Waals surface area contributed by atoms with Crippen LogP contribution in [0.4, 0.5) is 0 Å². The summed E-state index contributed by atoms with van der Waals surface area (Å²) in [6, 6.07) is 0.388. The van der Waals surface area contributed by atoms with E-state index in [-0.39, 0.29) is 6.42 Å². The van der Waals surface area contributed by atoms with Crippen LogP contribution in [-0.2, 0) is 11.2 Å². The molecule has 1 aromatic rings. The SMILES string of the molecule is Cc1sc(CC(=O)O)nc1C1CCCN1C. The maximum absolute atomic E-state index is 10.6. The zero-order valence-electron chi connectivity index (χ0n) is 9.56. The van der Waals surface area contributed by atoms with Crippen LogP contribution in [0.3, 0.4) is 0 Å². The monoisotopic (exact) mass is 240 g/mol.